The van der Waals surface area contributed by atoms with Crippen LogP contribution in [-0.4, -0.2) is 29.8 Å². The van der Waals surface area contributed by atoms with Crippen LogP contribution in [0.15, 0.2) is 57.9 Å². The Balaban J connectivity index is 1.75. The lowest BCUT2D eigenvalue weighted by molar-refractivity contribution is -0.122. The van der Waals surface area contributed by atoms with E-state index >= 15 is 0 Å². The van der Waals surface area contributed by atoms with Crippen molar-refractivity contribution in [2.75, 3.05) is 19.1 Å². The van der Waals surface area contributed by atoms with Crippen molar-refractivity contribution in [2.24, 2.45) is 0 Å². The van der Waals surface area contributed by atoms with E-state index in [4.69, 9.17) is 4.74 Å². The summed E-state index contributed by atoms with van der Waals surface area (Å²) in [5.41, 5.74) is 1.58. The van der Waals surface area contributed by atoms with Crippen LogP contribution in [0.5, 0.6) is 5.75 Å². The number of hydrogen-bond acceptors (Lipinski definition) is 5. The van der Waals surface area contributed by atoms with E-state index in [1.54, 1.807) is 13.2 Å². The van der Waals surface area contributed by atoms with Gasteiger partial charge in [0.1, 0.15) is 5.75 Å². The Morgan fingerprint density at radius 3 is 2.76 bits per heavy atom. The summed E-state index contributed by atoms with van der Waals surface area (Å²) in [6.07, 6.45) is 1.68. The average molecular weight is 419 g/mol. The van der Waals surface area contributed by atoms with Crippen LogP contribution in [0.3, 0.4) is 0 Å². The van der Waals surface area contributed by atoms with Gasteiger partial charge >= 0.3 is 0 Å². The van der Waals surface area contributed by atoms with Crippen LogP contribution in [-0.2, 0) is 4.79 Å². The number of nitrogens with one attached hydrogen (secondary N) is 1. The molecule has 128 valence electrons. The van der Waals surface area contributed by atoms with Gasteiger partial charge in [0.25, 0.3) is 11.1 Å². The lowest BCUT2D eigenvalue weighted by atomic mass is 10.2. The summed E-state index contributed by atoms with van der Waals surface area (Å²) < 4.78 is 6.20. The van der Waals surface area contributed by atoms with Gasteiger partial charge in [-0.05, 0) is 42.1 Å². The zero-order chi connectivity index (χ0) is 17.8. The summed E-state index contributed by atoms with van der Waals surface area (Å²) in [6, 6.07) is 14.9. The lowest BCUT2D eigenvalue weighted by Crippen LogP contribution is -2.33. The van der Waals surface area contributed by atoms with Gasteiger partial charge in [0.15, 0.2) is 0 Å². The van der Waals surface area contributed by atoms with E-state index in [9.17, 15) is 9.59 Å². The molecule has 1 saturated heterocycles. The number of thioether (sulfide) groups is 1. The molecule has 0 atom stereocenters. The maximum Gasteiger partial charge on any atom is 0.295 e. The predicted octanol–water partition coefficient (Wildman–Crippen LogP) is 4.56. The van der Waals surface area contributed by atoms with Gasteiger partial charge in [-0.25, -0.2) is 0 Å². The standard InChI is InChI=1S/C18H15BrN2O3S/c1-24-15-8-3-2-5-12(15)9-16-17(22)21(18(23)25-16)11-20-14-7-4-6-13(19)10-14/h2-10,20H,11H2,1H3/b16-9+. The molecule has 0 spiro atoms. The number of ether oxygens (including phenoxy) is 1. The van der Waals surface area contributed by atoms with Crippen molar-refractivity contribution in [3.05, 3.63) is 63.5 Å². The minimum Gasteiger partial charge on any atom is -0.496 e. The van der Waals surface area contributed by atoms with E-state index in [0.29, 0.717) is 10.7 Å². The fourth-order valence-electron chi connectivity index (χ4n) is 2.33. The van der Waals surface area contributed by atoms with Crippen molar-refractivity contribution in [3.63, 3.8) is 0 Å². The summed E-state index contributed by atoms with van der Waals surface area (Å²) >= 11 is 4.31. The Morgan fingerprint density at radius 1 is 1.20 bits per heavy atom. The van der Waals surface area contributed by atoms with Gasteiger partial charge in [-0.2, -0.15) is 0 Å². The Labute approximate surface area is 158 Å². The van der Waals surface area contributed by atoms with Crippen LogP contribution in [0, 0.1) is 0 Å². The van der Waals surface area contributed by atoms with Gasteiger partial charge in [0.05, 0.1) is 18.7 Å². The van der Waals surface area contributed by atoms with Crippen LogP contribution in [0.2, 0.25) is 0 Å². The maximum absolute atomic E-state index is 12.5. The number of imide groups is 1. The quantitative estimate of drug-likeness (QED) is 0.720. The molecule has 1 fully saturated rings. The van der Waals surface area contributed by atoms with Crippen molar-refractivity contribution >= 4 is 50.6 Å². The maximum atomic E-state index is 12.5. The van der Waals surface area contributed by atoms with Crippen LogP contribution >= 0.6 is 27.7 Å². The van der Waals surface area contributed by atoms with E-state index in [1.165, 1.54) is 4.90 Å². The largest absolute Gasteiger partial charge is 0.496 e. The van der Waals surface area contributed by atoms with Crippen LogP contribution in [0.25, 0.3) is 6.08 Å². The minimum absolute atomic E-state index is 0.115. The molecule has 3 rings (SSSR count). The molecule has 0 bridgehead atoms. The molecule has 0 aliphatic carbocycles. The second-order valence-corrected chi connectivity index (χ2v) is 7.11. The molecular formula is C18H15BrN2O3S. The number of rotatable bonds is 5. The van der Waals surface area contributed by atoms with Gasteiger partial charge < -0.3 is 10.1 Å². The van der Waals surface area contributed by atoms with Gasteiger partial charge in [-0.1, -0.05) is 40.2 Å². The summed E-state index contributed by atoms with van der Waals surface area (Å²) in [7, 11) is 1.57. The van der Waals surface area contributed by atoms with Crippen LogP contribution in [0.4, 0.5) is 10.5 Å². The zero-order valence-corrected chi connectivity index (χ0v) is 15.8. The number of carbonyl (C=O) groups is 2. The molecule has 1 N–H and O–H groups in total. The molecule has 2 amide bonds. The van der Waals surface area contributed by atoms with Crippen molar-refractivity contribution in [1.82, 2.24) is 4.90 Å². The summed E-state index contributed by atoms with van der Waals surface area (Å²) in [6.45, 7) is 0.115. The Hall–Kier alpha value is -2.25. The van der Waals surface area contributed by atoms with Crippen molar-refractivity contribution < 1.29 is 14.3 Å². The highest BCUT2D eigenvalue weighted by molar-refractivity contribution is 9.10. The van der Waals surface area contributed by atoms with E-state index in [1.807, 2.05) is 48.5 Å². The van der Waals surface area contributed by atoms with E-state index in [-0.39, 0.29) is 17.8 Å². The molecule has 2 aromatic carbocycles. The molecular weight excluding hydrogens is 404 g/mol. The Morgan fingerprint density at radius 2 is 2.00 bits per heavy atom. The minimum atomic E-state index is -0.316. The average Bonchev–Trinajstić information content (AvgIpc) is 2.87. The highest BCUT2D eigenvalue weighted by Crippen LogP contribution is 2.33. The van der Waals surface area contributed by atoms with E-state index in [2.05, 4.69) is 21.2 Å². The smallest absolute Gasteiger partial charge is 0.295 e. The molecule has 0 aromatic heterocycles. The van der Waals surface area contributed by atoms with Crippen molar-refractivity contribution in [3.8, 4) is 5.75 Å². The first-order valence-electron chi connectivity index (χ1n) is 7.46. The number of methoxy groups -OCH3 is 1. The first-order valence-corrected chi connectivity index (χ1v) is 9.07. The molecule has 5 nitrogen and oxygen atoms in total. The SMILES string of the molecule is COc1ccccc1/C=C1/SC(=O)N(CNc2cccc(Br)c2)C1=O. The predicted molar refractivity (Wildman–Crippen MR) is 103 cm³/mol. The molecule has 0 unspecified atom stereocenters. The number of anilines is 1. The molecule has 2 aromatic rings. The highest BCUT2D eigenvalue weighted by atomic mass is 79.9. The second-order valence-electron chi connectivity index (χ2n) is 5.20. The first kappa shape index (κ1) is 17.6. The molecule has 1 heterocycles. The van der Waals surface area contributed by atoms with Gasteiger partial charge in [0.2, 0.25) is 0 Å². The van der Waals surface area contributed by atoms with Crippen molar-refractivity contribution in [2.45, 2.75) is 0 Å². The Kier molecular flexibility index (Phi) is 5.45. The third kappa shape index (κ3) is 4.05. The lowest BCUT2D eigenvalue weighted by Gasteiger charge is -2.14. The van der Waals surface area contributed by atoms with Gasteiger partial charge in [0, 0.05) is 15.7 Å². The van der Waals surface area contributed by atoms with Crippen LogP contribution < -0.4 is 10.1 Å². The monoisotopic (exact) mass is 418 g/mol. The number of carbonyl (C=O) groups excluding carboxylic acids is 2. The molecule has 7 heteroatoms. The van der Waals surface area contributed by atoms with Gasteiger partial charge in [-0.3, -0.25) is 14.5 Å². The number of para-hydroxylation sites is 1. The topological polar surface area (TPSA) is 58.6 Å². The third-order valence-electron chi connectivity index (χ3n) is 3.57. The molecule has 1 aliphatic rings. The fourth-order valence-corrected chi connectivity index (χ4v) is 3.56. The summed E-state index contributed by atoms with van der Waals surface area (Å²) in [4.78, 5) is 26.3. The molecule has 0 saturated carbocycles. The summed E-state index contributed by atoms with van der Waals surface area (Å²) in [5, 5.41) is 2.79. The highest BCUT2D eigenvalue weighted by Gasteiger charge is 2.34. The zero-order valence-electron chi connectivity index (χ0n) is 13.4. The third-order valence-corrected chi connectivity index (χ3v) is 4.97. The molecule has 25 heavy (non-hydrogen) atoms. The number of nitrogens with zero attached hydrogens (tertiary/aromatic N) is 1. The number of hydrogen-bond donors (Lipinski definition) is 1. The number of halogens is 1. The second kappa shape index (κ2) is 7.76. The molecule has 0 radical (unpaired) electrons. The van der Waals surface area contributed by atoms with Gasteiger partial charge in [-0.15, -0.1) is 0 Å². The number of benzene rings is 2. The normalized spacial score (nSPS) is 15.8. The molecule has 1 aliphatic heterocycles. The van der Waals surface area contributed by atoms with Crippen LogP contribution in [0.1, 0.15) is 5.56 Å². The van der Waals surface area contributed by atoms with E-state index in [0.717, 1.165) is 27.5 Å². The Bertz CT molecular complexity index is 854. The first-order chi connectivity index (χ1) is 12.1. The van der Waals surface area contributed by atoms with E-state index < -0.39 is 0 Å². The summed E-state index contributed by atoms with van der Waals surface area (Å²) in [5.74, 6) is 0.338. The fraction of sp³-hybridized carbons (Fsp3) is 0.111. The van der Waals surface area contributed by atoms with Crippen molar-refractivity contribution in [1.29, 1.82) is 0 Å². The number of amides is 2.